The quantitative estimate of drug-likeness (QED) is 0.735. The van der Waals surface area contributed by atoms with Gasteiger partial charge in [-0.3, -0.25) is 0 Å². The molecule has 2 unspecified atom stereocenters. The first-order valence-electron chi connectivity index (χ1n) is 5.49. The molecule has 0 spiro atoms. The first-order valence-corrected chi connectivity index (χ1v) is 8.40. The molecule has 0 radical (unpaired) electrons. The van der Waals surface area contributed by atoms with Crippen LogP contribution >= 0.6 is 0 Å². The van der Waals surface area contributed by atoms with Gasteiger partial charge < -0.3 is 10.2 Å². The van der Waals surface area contributed by atoms with Gasteiger partial charge in [0.25, 0.3) is 0 Å². The van der Waals surface area contributed by atoms with Crippen molar-refractivity contribution in [1.29, 1.82) is 0 Å². The van der Waals surface area contributed by atoms with Crippen LogP contribution in [0.25, 0.3) is 0 Å². The maximum atomic E-state index is 6.21. The number of rotatable bonds is 4. The highest BCUT2D eigenvalue weighted by atomic mass is 28.4. The molecule has 0 aromatic carbocycles. The normalized spacial score (nSPS) is 18.0. The van der Waals surface area contributed by atoms with Crippen molar-refractivity contribution in [3.63, 3.8) is 0 Å². The van der Waals surface area contributed by atoms with Gasteiger partial charge in [-0.15, -0.1) is 0 Å². The molecular formula is C11H27NOSi. The Labute approximate surface area is 90.3 Å². The van der Waals surface area contributed by atoms with Crippen molar-refractivity contribution in [3.8, 4) is 0 Å². The maximum Gasteiger partial charge on any atom is 0.192 e. The summed E-state index contributed by atoms with van der Waals surface area (Å²) in [6, 6.07) is 0. The van der Waals surface area contributed by atoms with E-state index in [0.29, 0.717) is 12.5 Å². The van der Waals surface area contributed by atoms with Crippen LogP contribution in [0.1, 0.15) is 34.6 Å². The minimum atomic E-state index is -1.60. The van der Waals surface area contributed by atoms with Crippen molar-refractivity contribution in [2.75, 3.05) is 6.54 Å². The highest BCUT2D eigenvalue weighted by Gasteiger charge is 2.38. The Balaban J connectivity index is 4.36. The zero-order valence-electron chi connectivity index (χ0n) is 10.8. The Kier molecular flexibility index (Phi) is 4.82. The smallest absolute Gasteiger partial charge is 0.192 e. The third-order valence-corrected chi connectivity index (χ3v) is 8.03. The first kappa shape index (κ1) is 14.1. The van der Waals surface area contributed by atoms with Crippen molar-refractivity contribution < 1.29 is 4.43 Å². The van der Waals surface area contributed by atoms with Crippen LogP contribution in [0.2, 0.25) is 18.1 Å². The van der Waals surface area contributed by atoms with Gasteiger partial charge in [-0.05, 0) is 37.5 Å². The lowest BCUT2D eigenvalue weighted by atomic mass is 10.1. The van der Waals surface area contributed by atoms with Crippen LogP contribution < -0.4 is 5.73 Å². The van der Waals surface area contributed by atoms with Gasteiger partial charge in [0, 0.05) is 6.10 Å². The number of hydrogen-bond donors (Lipinski definition) is 1. The van der Waals surface area contributed by atoms with Gasteiger partial charge in [0.1, 0.15) is 0 Å². The lowest BCUT2D eigenvalue weighted by Gasteiger charge is -2.39. The maximum absolute atomic E-state index is 6.21. The lowest BCUT2D eigenvalue weighted by molar-refractivity contribution is 0.146. The fraction of sp³-hybridized carbons (Fsp3) is 1.00. The molecule has 0 saturated heterocycles. The summed E-state index contributed by atoms with van der Waals surface area (Å²) < 4.78 is 6.21. The molecule has 0 saturated carbocycles. The number of nitrogens with two attached hydrogens (primary N) is 1. The Hall–Kier alpha value is 0.137. The minimum Gasteiger partial charge on any atom is -0.414 e. The van der Waals surface area contributed by atoms with E-state index in [2.05, 4.69) is 47.7 Å². The molecule has 2 atom stereocenters. The summed E-state index contributed by atoms with van der Waals surface area (Å²) in [5.74, 6) is 0.448. The second kappa shape index (κ2) is 4.77. The van der Waals surface area contributed by atoms with E-state index >= 15 is 0 Å². The van der Waals surface area contributed by atoms with E-state index in [1.165, 1.54) is 0 Å². The highest BCUT2D eigenvalue weighted by molar-refractivity contribution is 6.74. The van der Waals surface area contributed by atoms with E-state index in [4.69, 9.17) is 10.2 Å². The average molecular weight is 217 g/mol. The third kappa shape index (κ3) is 3.71. The van der Waals surface area contributed by atoms with Crippen LogP contribution in [-0.4, -0.2) is 21.0 Å². The van der Waals surface area contributed by atoms with E-state index in [9.17, 15) is 0 Å². The molecule has 0 bridgehead atoms. The summed E-state index contributed by atoms with van der Waals surface area (Å²) in [5.41, 5.74) is 5.64. The van der Waals surface area contributed by atoms with Crippen LogP contribution in [0.4, 0.5) is 0 Å². The molecule has 14 heavy (non-hydrogen) atoms. The van der Waals surface area contributed by atoms with Crippen LogP contribution in [-0.2, 0) is 4.43 Å². The van der Waals surface area contributed by atoms with E-state index < -0.39 is 8.32 Å². The predicted octanol–water partition coefficient (Wildman–Crippen LogP) is 2.99. The Morgan fingerprint density at radius 1 is 1.21 bits per heavy atom. The zero-order chi connectivity index (χ0) is 11.6. The van der Waals surface area contributed by atoms with E-state index in [1.54, 1.807) is 0 Å². The van der Waals surface area contributed by atoms with Crippen LogP contribution in [0, 0.1) is 5.92 Å². The van der Waals surface area contributed by atoms with Crippen molar-refractivity contribution in [2.45, 2.75) is 58.9 Å². The Morgan fingerprint density at radius 3 is 1.93 bits per heavy atom. The van der Waals surface area contributed by atoms with Crippen molar-refractivity contribution in [3.05, 3.63) is 0 Å². The molecule has 0 aliphatic heterocycles. The van der Waals surface area contributed by atoms with Crippen molar-refractivity contribution in [1.82, 2.24) is 0 Å². The molecule has 0 aliphatic rings. The standard InChI is InChI=1S/C11H27NOSi/c1-9(8-12)10(2)13-14(6,7)11(3,4)5/h9-10H,8,12H2,1-7H3. The molecule has 2 nitrogen and oxygen atoms in total. The lowest BCUT2D eigenvalue weighted by Crippen LogP contribution is -2.45. The fourth-order valence-electron chi connectivity index (χ4n) is 0.949. The summed E-state index contributed by atoms with van der Waals surface area (Å²) in [4.78, 5) is 0. The first-order chi connectivity index (χ1) is 6.12. The highest BCUT2D eigenvalue weighted by Crippen LogP contribution is 2.37. The minimum absolute atomic E-state index is 0.279. The molecule has 0 aromatic heterocycles. The van der Waals surface area contributed by atoms with Gasteiger partial charge in [-0.2, -0.15) is 0 Å². The SMILES string of the molecule is CC(CN)C(C)O[Si](C)(C)C(C)(C)C. The molecule has 2 N–H and O–H groups in total. The average Bonchev–Trinajstić information content (AvgIpc) is 2.00. The zero-order valence-corrected chi connectivity index (χ0v) is 11.8. The molecule has 0 rings (SSSR count). The fourth-order valence-corrected chi connectivity index (χ4v) is 2.46. The van der Waals surface area contributed by atoms with Crippen LogP contribution in [0.5, 0.6) is 0 Å². The van der Waals surface area contributed by atoms with Gasteiger partial charge in [0.15, 0.2) is 8.32 Å². The van der Waals surface area contributed by atoms with E-state index in [-0.39, 0.29) is 11.1 Å². The molecule has 0 amide bonds. The second-order valence-electron chi connectivity index (χ2n) is 5.80. The third-order valence-electron chi connectivity index (χ3n) is 3.46. The molecule has 86 valence electrons. The summed E-state index contributed by atoms with van der Waals surface area (Å²) in [6.45, 7) is 16.3. The largest absolute Gasteiger partial charge is 0.414 e. The number of hydrogen-bond acceptors (Lipinski definition) is 2. The molecule has 0 fully saturated rings. The Bertz CT molecular complexity index is 175. The summed E-state index contributed by atoms with van der Waals surface area (Å²) in [7, 11) is -1.60. The predicted molar refractivity (Wildman–Crippen MR) is 66.0 cm³/mol. The summed E-state index contributed by atoms with van der Waals surface area (Å²) in [5, 5.41) is 0.287. The second-order valence-corrected chi connectivity index (χ2v) is 10.6. The van der Waals surface area contributed by atoms with E-state index in [0.717, 1.165) is 0 Å². The van der Waals surface area contributed by atoms with Crippen LogP contribution in [0.3, 0.4) is 0 Å². The van der Waals surface area contributed by atoms with Crippen LogP contribution in [0.15, 0.2) is 0 Å². The molecule has 0 aromatic rings. The van der Waals surface area contributed by atoms with Gasteiger partial charge in [0.05, 0.1) is 0 Å². The summed E-state index contributed by atoms with van der Waals surface area (Å²) >= 11 is 0. The topological polar surface area (TPSA) is 35.2 Å². The molecule has 0 aliphatic carbocycles. The van der Waals surface area contributed by atoms with Gasteiger partial charge >= 0.3 is 0 Å². The van der Waals surface area contributed by atoms with Gasteiger partial charge in [0.2, 0.25) is 0 Å². The molecular weight excluding hydrogens is 190 g/mol. The van der Waals surface area contributed by atoms with E-state index in [1.807, 2.05) is 0 Å². The molecule has 3 heteroatoms. The van der Waals surface area contributed by atoms with Crippen molar-refractivity contribution >= 4 is 8.32 Å². The van der Waals surface area contributed by atoms with Crippen molar-refractivity contribution in [2.24, 2.45) is 11.7 Å². The van der Waals surface area contributed by atoms with Gasteiger partial charge in [-0.1, -0.05) is 27.7 Å². The monoisotopic (exact) mass is 217 g/mol. The molecule has 0 heterocycles. The Morgan fingerprint density at radius 2 is 1.64 bits per heavy atom. The summed E-state index contributed by atoms with van der Waals surface area (Å²) in [6.07, 6.45) is 0.279. The van der Waals surface area contributed by atoms with Gasteiger partial charge in [-0.25, -0.2) is 0 Å².